The lowest BCUT2D eigenvalue weighted by Crippen LogP contribution is -2.37. The number of amides is 1. The topological polar surface area (TPSA) is 133 Å². The third-order valence-electron chi connectivity index (χ3n) is 9.02. The fraction of sp³-hybridized carbons (Fsp3) is 0.351. The van der Waals surface area contributed by atoms with Crippen molar-refractivity contribution in [1.82, 2.24) is 29.9 Å². The number of halogens is 7. The van der Waals surface area contributed by atoms with Crippen molar-refractivity contribution < 1.29 is 45.2 Å². The van der Waals surface area contributed by atoms with E-state index in [-0.39, 0.29) is 39.6 Å². The molecule has 6 rings (SSSR count). The first-order chi connectivity index (χ1) is 25.7. The molecular formula is C37H34F7N7O3S. The molecule has 2 unspecified atom stereocenters. The second kappa shape index (κ2) is 14.5. The molecule has 10 nitrogen and oxygen atoms in total. The highest BCUT2D eigenvalue weighted by molar-refractivity contribution is 7.92. The van der Waals surface area contributed by atoms with E-state index >= 15 is 8.78 Å². The molecule has 1 amide bonds. The van der Waals surface area contributed by atoms with Crippen molar-refractivity contribution in [3.63, 3.8) is 0 Å². The zero-order chi connectivity index (χ0) is 40.2. The summed E-state index contributed by atoms with van der Waals surface area (Å²) in [5, 5.41) is 20.6. The maximum atomic E-state index is 15.4. The molecule has 1 aliphatic rings. The van der Waals surface area contributed by atoms with Gasteiger partial charge in [0.2, 0.25) is 0 Å². The number of aromatic nitrogens is 5. The predicted molar refractivity (Wildman–Crippen MR) is 190 cm³/mol. The Bertz CT molecular complexity index is 2340. The smallest absolute Gasteiger partial charge is 0.435 e. The number of pyridine rings is 1. The van der Waals surface area contributed by atoms with Crippen LogP contribution in [0, 0.1) is 28.9 Å². The first-order valence-corrected chi connectivity index (χ1v) is 18.3. The molecule has 3 aromatic heterocycles. The first kappa shape index (κ1) is 39.6. The van der Waals surface area contributed by atoms with Crippen molar-refractivity contribution in [2.24, 2.45) is 12.5 Å². The number of fused-ring (bicyclic) bond motifs is 2. The molecule has 3 N–H and O–H groups in total. The molecule has 55 heavy (non-hydrogen) atoms. The van der Waals surface area contributed by atoms with E-state index in [1.807, 2.05) is 0 Å². The first-order valence-electron chi connectivity index (χ1n) is 16.7. The van der Waals surface area contributed by atoms with E-state index in [0.29, 0.717) is 22.5 Å². The van der Waals surface area contributed by atoms with Gasteiger partial charge in [-0.25, -0.2) is 18.6 Å². The number of rotatable bonds is 8. The van der Waals surface area contributed by atoms with E-state index in [9.17, 15) is 36.4 Å². The Balaban J connectivity index is 1.59. The number of aryl methyl sites for hydroxylation is 1. The third-order valence-corrected chi connectivity index (χ3v) is 9.50. The van der Waals surface area contributed by atoms with Gasteiger partial charge in [0.25, 0.3) is 5.92 Å². The minimum absolute atomic E-state index is 0.00142. The van der Waals surface area contributed by atoms with Crippen molar-refractivity contribution in [1.29, 1.82) is 0 Å². The van der Waals surface area contributed by atoms with Crippen LogP contribution in [0.25, 0.3) is 22.0 Å². The molecule has 0 fully saturated rings. The molecule has 3 atom stereocenters. The Kier molecular flexibility index (Phi) is 10.4. The van der Waals surface area contributed by atoms with Gasteiger partial charge in [-0.2, -0.15) is 41.6 Å². The molecule has 0 saturated carbocycles. The average Bonchev–Trinajstić information content (AvgIpc) is 3.72. The zero-order valence-corrected chi connectivity index (χ0v) is 30.8. The Labute approximate surface area is 313 Å². The summed E-state index contributed by atoms with van der Waals surface area (Å²) in [6.07, 6.45) is -5.19. The van der Waals surface area contributed by atoms with E-state index < -0.39 is 88.3 Å². The molecule has 5 aromatic rings. The molecule has 0 aliphatic heterocycles. The monoisotopic (exact) mass is 789 g/mol. The highest BCUT2D eigenvalue weighted by Crippen LogP contribution is 2.52. The number of anilines is 1. The molecule has 0 saturated heterocycles. The van der Waals surface area contributed by atoms with Gasteiger partial charge in [-0.3, -0.25) is 4.68 Å². The number of nitrogens with zero attached hydrogens (tertiary/aromatic N) is 5. The Morgan fingerprint density at radius 1 is 1.11 bits per heavy atom. The number of para-hydroxylation sites is 1. The van der Waals surface area contributed by atoms with Crippen LogP contribution in [0.1, 0.15) is 73.1 Å². The van der Waals surface area contributed by atoms with Gasteiger partial charge >= 0.3 is 12.2 Å². The number of alkyl halides is 5. The Morgan fingerprint density at radius 3 is 2.44 bits per heavy atom. The highest BCUT2D eigenvalue weighted by atomic mass is 32.2. The van der Waals surface area contributed by atoms with Crippen LogP contribution < -0.4 is 10.0 Å². The fourth-order valence-electron chi connectivity index (χ4n) is 6.66. The van der Waals surface area contributed by atoms with Crippen molar-refractivity contribution in [3.05, 3.63) is 94.1 Å². The summed E-state index contributed by atoms with van der Waals surface area (Å²) in [4.78, 5) is 18.8. The number of hydrogen-bond acceptors (Lipinski definition) is 7. The maximum Gasteiger partial charge on any atom is 0.435 e. The van der Waals surface area contributed by atoms with Crippen LogP contribution in [-0.2, 0) is 36.9 Å². The number of aliphatic hydroxyl groups excluding tert-OH is 1. The number of hydrogen-bond donors (Lipinski definition) is 3. The molecule has 18 heteroatoms. The number of benzene rings is 2. The summed E-state index contributed by atoms with van der Waals surface area (Å²) >= 11 is -1.51. The lowest BCUT2D eigenvalue weighted by molar-refractivity contribution is -0.142. The summed E-state index contributed by atoms with van der Waals surface area (Å²) in [7, 11) is 1.62. The van der Waals surface area contributed by atoms with Crippen molar-refractivity contribution in [2.75, 3.05) is 17.6 Å². The van der Waals surface area contributed by atoms with Crippen LogP contribution in [0.4, 0.5) is 41.3 Å². The molecule has 1 aliphatic carbocycles. The van der Waals surface area contributed by atoms with Gasteiger partial charge in [0.15, 0.2) is 11.5 Å². The summed E-state index contributed by atoms with van der Waals surface area (Å²) in [6, 6.07) is 7.78. The minimum atomic E-state index is -5.17. The number of nitrogens with one attached hydrogen (secondary N) is 2. The van der Waals surface area contributed by atoms with Crippen LogP contribution in [0.2, 0.25) is 0 Å². The second-order valence-electron chi connectivity index (χ2n) is 14.0. The fourth-order valence-corrected chi connectivity index (χ4v) is 7.08. The average molecular weight is 790 g/mol. The van der Waals surface area contributed by atoms with Gasteiger partial charge in [0.1, 0.15) is 29.3 Å². The third kappa shape index (κ3) is 8.00. The SMILES string of the molecule is C[C@H]1CC(F)(F)c2c1c(C(F)(F)F)nn2C(=O)NC(Cc1cc(F)cc(F)c1)c1nc(C#CC(C)(C)CO)ccc1-c1cccc2c(N[S+](C)[O-])nn(C)c12. The number of aliphatic hydroxyl groups is 1. The molecular weight excluding hydrogens is 756 g/mol. The standard InChI is InChI=1S/C37H34F7N7O3S/c1-19-17-36(40,41)32-28(19)31(37(42,43)44)47-51(32)34(53)46-27(15-20-13-21(38)16-22(39)14-20)29-24(10-9-23(45-29)11-12-35(2,3)18-52)25-7-6-8-26-30(25)50(4)48-33(26)49-55(5)54/h6-10,13-14,16,19,27,52H,15,17-18H2,1-5H3,(H,46,53)(H,48,49)/t19-,27?,55?/m0/s1. The summed E-state index contributed by atoms with van der Waals surface area (Å²) in [5.74, 6) is -1.06. The molecule has 290 valence electrons. The molecule has 2 aromatic carbocycles. The molecule has 0 radical (unpaired) electrons. The van der Waals surface area contributed by atoms with E-state index in [1.54, 1.807) is 45.2 Å². The van der Waals surface area contributed by atoms with Crippen molar-refractivity contribution in [2.45, 2.75) is 57.7 Å². The summed E-state index contributed by atoms with van der Waals surface area (Å²) < 4.78 is 119. The van der Waals surface area contributed by atoms with Crippen molar-refractivity contribution >= 4 is 34.1 Å². The molecule has 3 heterocycles. The predicted octanol–water partition coefficient (Wildman–Crippen LogP) is 7.34. The van der Waals surface area contributed by atoms with E-state index in [0.717, 1.165) is 12.1 Å². The van der Waals surface area contributed by atoms with Crippen LogP contribution in [0.3, 0.4) is 0 Å². The highest BCUT2D eigenvalue weighted by Gasteiger charge is 2.54. The molecule has 0 bridgehead atoms. The minimum Gasteiger partial charge on any atom is -0.593 e. The largest absolute Gasteiger partial charge is 0.593 e. The Morgan fingerprint density at radius 2 is 1.80 bits per heavy atom. The van der Waals surface area contributed by atoms with Crippen LogP contribution in [0.5, 0.6) is 0 Å². The van der Waals surface area contributed by atoms with Gasteiger partial charge in [-0.15, -0.1) is 0 Å². The van der Waals surface area contributed by atoms with Crippen LogP contribution in [-0.4, -0.2) is 53.1 Å². The van der Waals surface area contributed by atoms with Gasteiger partial charge in [-0.05, 0) is 68.0 Å². The van der Waals surface area contributed by atoms with Gasteiger partial charge in [0, 0.05) is 47.0 Å². The normalized spacial score (nSPS) is 16.4. The number of carbonyl (C=O) groups is 1. The Hall–Kier alpha value is -5.12. The van der Waals surface area contributed by atoms with E-state index in [4.69, 9.17) is 4.98 Å². The van der Waals surface area contributed by atoms with Crippen LogP contribution >= 0.6 is 0 Å². The van der Waals surface area contributed by atoms with Crippen molar-refractivity contribution in [3.8, 4) is 23.0 Å². The van der Waals surface area contributed by atoms with Gasteiger partial charge in [-0.1, -0.05) is 25.0 Å². The lowest BCUT2D eigenvalue weighted by Gasteiger charge is -2.23. The second-order valence-corrected chi connectivity index (χ2v) is 15.1. The summed E-state index contributed by atoms with van der Waals surface area (Å²) in [6.45, 7) is 4.21. The quantitative estimate of drug-likeness (QED) is 0.0852. The maximum absolute atomic E-state index is 15.4. The number of carbonyl (C=O) groups excluding carboxylic acids is 1. The van der Waals surface area contributed by atoms with E-state index in [1.165, 1.54) is 23.9 Å². The summed E-state index contributed by atoms with van der Waals surface area (Å²) in [5.41, 5.74) is -3.27. The van der Waals surface area contributed by atoms with Crippen LogP contribution in [0.15, 0.2) is 48.5 Å². The van der Waals surface area contributed by atoms with Gasteiger partial charge in [0.05, 0.1) is 35.2 Å². The lowest BCUT2D eigenvalue weighted by atomic mass is 9.93. The molecule has 0 spiro atoms. The van der Waals surface area contributed by atoms with E-state index in [2.05, 4.69) is 32.1 Å². The van der Waals surface area contributed by atoms with Gasteiger partial charge < -0.3 is 15.0 Å². The zero-order valence-electron chi connectivity index (χ0n) is 29.9.